The van der Waals surface area contributed by atoms with Crippen LogP contribution in [0, 0.1) is 0 Å². The number of hydrogen-bond donors (Lipinski definition) is 3. The van der Waals surface area contributed by atoms with Gasteiger partial charge in [0.1, 0.15) is 17.8 Å². The third-order valence-corrected chi connectivity index (χ3v) is 13.1. The van der Waals surface area contributed by atoms with Gasteiger partial charge in [0.15, 0.2) is 0 Å². The molecule has 6 aromatic rings. The highest BCUT2D eigenvalue weighted by Crippen LogP contribution is 2.32. The Morgan fingerprint density at radius 3 is 1.37 bits per heavy atom. The molecule has 0 bridgehead atoms. The average molecular weight is 898 g/mol. The molecule has 0 amide bonds. The monoisotopic (exact) mass is 897 g/mol. The molecular formula is C46H55N7O8S2. The molecule has 334 valence electrons. The zero-order valence-corrected chi connectivity index (χ0v) is 38.4. The minimum Gasteiger partial charge on any atom is -0.439 e. The molecule has 2 heterocycles. The van der Waals surface area contributed by atoms with Crippen LogP contribution >= 0.6 is 0 Å². The zero-order chi connectivity index (χ0) is 46.0. The highest BCUT2D eigenvalue weighted by atomic mass is 32.2. The zero-order valence-electron chi connectivity index (χ0n) is 36.7. The minimum atomic E-state index is -3.36. The SMILES string of the molecule is CCn1nc(-c2cccc(C(C)(C)NS(=O)(=O)CC)c2)cc1Oc1ccc(/C=N/O)cc1.CCn1nc(-c2cccc(C(C)(C)NS(=O)(=O)CC)c2)cc1Oc1ccc(C=O)cc1. The molecule has 0 aliphatic rings. The number of sulfonamides is 2. The van der Waals surface area contributed by atoms with Crippen molar-refractivity contribution in [3.8, 4) is 45.8 Å². The second-order valence-corrected chi connectivity index (χ2v) is 19.5. The Bertz CT molecular complexity index is 2740. The number of rotatable bonds is 18. The quantitative estimate of drug-likeness (QED) is 0.0325. The average Bonchev–Trinajstić information content (AvgIpc) is 3.88. The molecule has 0 aliphatic carbocycles. The number of oxime groups is 1. The van der Waals surface area contributed by atoms with E-state index in [0.717, 1.165) is 45.5 Å². The van der Waals surface area contributed by atoms with E-state index < -0.39 is 31.1 Å². The van der Waals surface area contributed by atoms with Crippen LogP contribution in [0.15, 0.2) is 114 Å². The van der Waals surface area contributed by atoms with Gasteiger partial charge in [-0.05, 0) is 133 Å². The molecule has 0 radical (unpaired) electrons. The van der Waals surface area contributed by atoms with Gasteiger partial charge in [-0.1, -0.05) is 41.6 Å². The van der Waals surface area contributed by atoms with E-state index in [1.165, 1.54) is 6.21 Å². The molecule has 0 unspecified atom stereocenters. The molecule has 3 N–H and O–H groups in total. The van der Waals surface area contributed by atoms with Crippen LogP contribution in [0.4, 0.5) is 0 Å². The standard InChI is InChI=1S/C23H28N4O4S.C23H27N3O4S/c1-5-27-22(31-20-12-10-17(11-13-20)16-24-28)15-21(25-27)18-8-7-9-19(14-18)23(3,4)26-32(29,30)6-2;1-5-26-22(30-20-12-10-17(16-27)11-13-20)15-21(24-26)18-8-7-9-19(14-18)23(3,4)25-31(28,29)6-2/h7-16,26,28H,5-6H2,1-4H3;7-16,25H,5-6H2,1-4H3/b24-16+;. The van der Waals surface area contributed by atoms with Gasteiger partial charge in [0.05, 0.1) is 40.2 Å². The number of hydrogen-bond acceptors (Lipinski definition) is 11. The van der Waals surface area contributed by atoms with E-state index in [-0.39, 0.29) is 11.5 Å². The fourth-order valence-corrected chi connectivity index (χ4v) is 8.50. The Hall–Kier alpha value is -6.14. The van der Waals surface area contributed by atoms with Crippen molar-refractivity contribution in [3.05, 3.63) is 131 Å². The number of aldehydes is 1. The maximum absolute atomic E-state index is 12.1. The third kappa shape index (κ3) is 12.7. The maximum atomic E-state index is 12.1. The summed E-state index contributed by atoms with van der Waals surface area (Å²) in [7, 11) is -6.72. The molecule has 0 aliphatic heterocycles. The third-order valence-electron chi connectivity index (χ3n) is 9.97. The van der Waals surface area contributed by atoms with Crippen LogP contribution in [0.5, 0.6) is 23.3 Å². The topological polar surface area (TPSA) is 196 Å². The van der Waals surface area contributed by atoms with Crippen molar-refractivity contribution in [1.82, 2.24) is 29.0 Å². The smallest absolute Gasteiger partial charge is 0.218 e. The number of aryl methyl sites for hydroxylation is 2. The summed E-state index contributed by atoms with van der Waals surface area (Å²) in [6, 6.07) is 33.0. The number of benzene rings is 4. The number of nitrogens with zero attached hydrogens (tertiary/aromatic N) is 5. The number of aromatic nitrogens is 4. The number of carbonyl (C=O) groups excluding carboxylic acids is 1. The Kier molecular flexibility index (Phi) is 15.5. The summed E-state index contributed by atoms with van der Waals surface area (Å²) < 4.78 is 69.4. The first kappa shape index (κ1) is 47.9. The van der Waals surface area contributed by atoms with Gasteiger partial charge in [-0.25, -0.2) is 35.6 Å². The van der Waals surface area contributed by atoms with Crippen LogP contribution in [-0.2, 0) is 44.2 Å². The summed E-state index contributed by atoms with van der Waals surface area (Å²) in [5, 5.41) is 20.9. The first-order chi connectivity index (χ1) is 29.8. The molecule has 4 aromatic carbocycles. The molecule has 2 aromatic heterocycles. The van der Waals surface area contributed by atoms with E-state index in [9.17, 15) is 21.6 Å². The minimum absolute atomic E-state index is 0.0193. The van der Waals surface area contributed by atoms with Crippen LogP contribution in [0.1, 0.15) is 82.4 Å². The van der Waals surface area contributed by atoms with Gasteiger partial charge in [0.2, 0.25) is 31.8 Å². The van der Waals surface area contributed by atoms with E-state index in [2.05, 4.69) is 24.8 Å². The summed E-state index contributed by atoms with van der Waals surface area (Å²) >= 11 is 0. The Labute approximate surface area is 369 Å². The predicted molar refractivity (Wildman–Crippen MR) is 246 cm³/mol. The molecule has 17 heteroatoms. The highest BCUT2D eigenvalue weighted by Gasteiger charge is 2.28. The van der Waals surface area contributed by atoms with Gasteiger partial charge in [-0.3, -0.25) is 4.79 Å². The van der Waals surface area contributed by atoms with E-state index >= 15 is 0 Å². The van der Waals surface area contributed by atoms with Crippen molar-refractivity contribution in [1.29, 1.82) is 0 Å². The summed E-state index contributed by atoms with van der Waals surface area (Å²) in [6.07, 6.45) is 2.13. The van der Waals surface area contributed by atoms with Gasteiger partial charge >= 0.3 is 0 Å². The lowest BCUT2D eigenvalue weighted by Gasteiger charge is -2.26. The normalized spacial score (nSPS) is 12.2. The predicted octanol–water partition coefficient (Wildman–Crippen LogP) is 8.69. The molecule has 6 rings (SSSR count). The van der Waals surface area contributed by atoms with Crippen LogP contribution in [0.25, 0.3) is 22.5 Å². The number of nitrogens with one attached hydrogen (secondary N) is 2. The molecule has 0 saturated carbocycles. The van der Waals surface area contributed by atoms with Gasteiger partial charge in [0.25, 0.3) is 0 Å². The summed E-state index contributed by atoms with van der Waals surface area (Å²) in [5.41, 5.74) is 4.63. The van der Waals surface area contributed by atoms with Gasteiger partial charge in [-0.2, -0.15) is 10.2 Å². The van der Waals surface area contributed by atoms with Crippen molar-refractivity contribution >= 4 is 32.5 Å². The molecular weight excluding hydrogens is 843 g/mol. The summed E-state index contributed by atoms with van der Waals surface area (Å²) in [4.78, 5) is 10.8. The van der Waals surface area contributed by atoms with Crippen LogP contribution < -0.4 is 18.9 Å². The molecule has 0 atom stereocenters. The first-order valence-electron chi connectivity index (χ1n) is 20.4. The van der Waals surface area contributed by atoms with Crippen molar-refractivity contribution in [3.63, 3.8) is 0 Å². The Balaban J connectivity index is 0.000000238. The molecule has 0 spiro atoms. The lowest BCUT2D eigenvalue weighted by atomic mass is 9.93. The lowest BCUT2D eigenvalue weighted by molar-refractivity contribution is 0.112. The van der Waals surface area contributed by atoms with Gasteiger partial charge < -0.3 is 14.7 Å². The maximum Gasteiger partial charge on any atom is 0.218 e. The Morgan fingerprint density at radius 2 is 1.02 bits per heavy atom. The molecule has 0 fully saturated rings. The number of carbonyl (C=O) groups is 1. The largest absolute Gasteiger partial charge is 0.439 e. The van der Waals surface area contributed by atoms with Crippen molar-refractivity contribution in [2.24, 2.45) is 5.16 Å². The van der Waals surface area contributed by atoms with Crippen LogP contribution in [0.3, 0.4) is 0 Å². The summed E-state index contributed by atoms with van der Waals surface area (Å²) in [5.74, 6) is 2.44. The van der Waals surface area contributed by atoms with Crippen molar-refractivity contribution < 1.29 is 36.3 Å². The van der Waals surface area contributed by atoms with Crippen molar-refractivity contribution in [2.45, 2.75) is 79.6 Å². The first-order valence-corrected chi connectivity index (χ1v) is 23.7. The number of ether oxygens (including phenoxy) is 2. The van der Waals surface area contributed by atoms with E-state index in [0.29, 0.717) is 41.9 Å². The fraction of sp³-hybridized carbons (Fsp3) is 0.304. The Morgan fingerprint density at radius 1 is 0.619 bits per heavy atom. The molecule has 15 nitrogen and oxygen atoms in total. The lowest BCUT2D eigenvalue weighted by Crippen LogP contribution is -2.41. The van der Waals surface area contributed by atoms with E-state index in [1.54, 1.807) is 71.7 Å². The van der Waals surface area contributed by atoms with E-state index in [1.807, 2.05) is 102 Å². The van der Waals surface area contributed by atoms with Gasteiger partial charge in [-0.15, -0.1) is 0 Å². The van der Waals surface area contributed by atoms with Crippen LogP contribution in [0.2, 0.25) is 0 Å². The van der Waals surface area contributed by atoms with Gasteiger partial charge in [0, 0.05) is 41.9 Å². The van der Waals surface area contributed by atoms with Crippen LogP contribution in [-0.4, -0.2) is 65.6 Å². The fourth-order valence-electron chi connectivity index (χ4n) is 6.42. The highest BCUT2D eigenvalue weighted by molar-refractivity contribution is 7.89. The van der Waals surface area contributed by atoms with E-state index in [4.69, 9.17) is 14.7 Å². The summed E-state index contributed by atoms with van der Waals surface area (Å²) in [6.45, 7) is 15.7. The second-order valence-electron chi connectivity index (χ2n) is 15.5. The molecule has 63 heavy (non-hydrogen) atoms. The van der Waals surface area contributed by atoms with Crippen molar-refractivity contribution in [2.75, 3.05) is 11.5 Å². The second kappa shape index (κ2) is 20.4. The molecule has 0 saturated heterocycles.